The number of aromatic nitrogens is 4. The number of halogens is 1. The molecule has 0 spiro atoms. The smallest absolute Gasteiger partial charge is 0.234 e. The fraction of sp³-hybridized carbons (Fsp3) is 0.400. The van der Waals surface area contributed by atoms with Crippen LogP contribution in [0.4, 0.5) is 0 Å². The summed E-state index contributed by atoms with van der Waals surface area (Å²) in [5.74, 6) is 1.49. The highest BCUT2D eigenvalue weighted by Gasteiger charge is 2.17. The predicted octanol–water partition coefficient (Wildman–Crippen LogP) is 2.25. The summed E-state index contributed by atoms with van der Waals surface area (Å²) in [5.41, 5.74) is 0. The minimum atomic E-state index is 0.356. The lowest BCUT2D eigenvalue weighted by molar-refractivity contribution is 0.0328. The van der Waals surface area contributed by atoms with Crippen molar-refractivity contribution in [2.24, 2.45) is 0 Å². The summed E-state index contributed by atoms with van der Waals surface area (Å²) in [5, 5.41) is 14.4. The van der Waals surface area contributed by atoms with Crippen LogP contribution < -0.4 is 4.74 Å². The molecule has 1 aliphatic heterocycles. The number of para-hydroxylation sites is 1. The molecule has 0 bridgehead atoms. The normalized spacial score (nSPS) is 15.9. The van der Waals surface area contributed by atoms with Gasteiger partial charge < -0.3 is 9.47 Å². The van der Waals surface area contributed by atoms with Gasteiger partial charge in [0, 0.05) is 13.1 Å². The Kier molecular flexibility index (Phi) is 4.61. The Balaban J connectivity index is 1.46. The number of rotatable bonds is 5. The standard InChI is InChI=1S/C15H16ClN5O2S/c16-11-3-1-2-4-12(11)23-10-14-19-21-13(17-18-15(21)24-14)9-20-5-7-22-8-6-20/h1-4H,5-10H2. The number of morpholine rings is 1. The first-order valence-corrected chi connectivity index (χ1v) is 8.86. The van der Waals surface area contributed by atoms with E-state index in [4.69, 9.17) is 21.1 Å². The van der Waals surface area contributed by atoms with E-state index < -0.39 is 0 Å². The fourth-order valence-electron chi connectivity index (χ4n) is 2.51. The van der Waals surface area contributed by atoms with Crippen molar-refractivity contribution >= 4 is 27.9 Å². The largest absolute Gasteiger partial charge is 0.485 e. The summed E-state index contributed by atoms with van der Waals surface area (Å²) < 4.78 is 12.9. The maximum atomic E-state index is 6.10. The summed E-state index contributed by atoms with van der Waals surface area (Å²) in [6.07, 6.45) is 0. The van der Waals surface area contributed by atoms with Crippen LogP contribution in [0.3, 0.4) is 0 Å². The molecule has 0 atom stereocenters. The molecule has 0 aliphatic carbocycles. The quantitative estimate of drug-likeness (QED) is 0.691. The second-order valence-electron chi connectivity index (χ2n) is 5.41. The van der Waals surface area contributed by atoms with Crippen molar-refractivity contribution in [2.45, 2.75) is 13.2 Å². The molecule has 1 aliphatic rings. The first-order valence-electron chi connectivity index (χ1n) is 7.67. The number of fused-ring (bicyclic) bond motifs is 1. The molecule has 3 heterocycles. The molecule has 0 unspecified atom stereocenters. The van der Waals surface area contributed by atoms with Crippen LogP contribution in [0.15, 0.2) is 24.3 Å². The van der Waals surface area contributed by atoms with Crippen LogP contribution in [0.1, 0.15) is 10.8 Å². The Hall–Kier alpha value is -1.74. The van der Waals surface area contributed by atoms with E-state index in [0.717, 1.165) is 48.6 Å². The third-order valence-electron chi connectivity index (χ3n) is 3.75. The van der Waals surface area contributed by atoms with E-state index in [9.17, 15) is 0 Å². The van der Waals surface area contributed by atoms with E-state index in [0.29, 0.717) is 17.4 Å². The average Bonchev–Trinajstić information content (AvgIpc) is 3.17. The highest BCUT2D eigenvalue weighted by Crippen LogP contribution is 2.25. The zero-order valence-electron chi connectivity index (χ0n) is 12.9. The Morgan fingerprint density at radius 3 is 2.88 bits per heavy atom. The molecule has 3 aromatic rings. The summed E-state index contributed by atoms with van der Waals surface area (Å²) >= 11 is 7.57. The summed E-state index contributed by atoms with van der Waals surface area (Å²) in [7, 11) is 0. The van der Waals surface area contributed by atoms with Gasteiger partial charge in [-0.1, -0.05) is 35.1 Å². The number of nitrogens with zero attached hydrogens (tertiary/aromatic N) is 5. The molecule has 2 aromatic heterocycles. The van der Waals surface area contributed by atoms with Crippen LogP contribution in [0, 0.1) is 0 Å². The van der Waals surface area contributed by atoms with Crippen LogP contribution in [0.5, 0.6) is 5.75 Å². The topological polar surface area (TPSA) is 64.8 Å². The van der Waals surface area contributed by atoms with Crippen molar-refractivity contribution in [1.29, 1.82) is 0 Å². The molecule has 0 amide bonds. The van der Waals surface area contributed by atoms with E-state index in [-0.39, 0.29) is 0 Å². The summed E-state index contributed by atoms with van der Waals surface area (Å²) in [6.45, 7) is 4.41. The molecule has 1 aromatic carbocycles. The van der Waals surface area contributed by atoms with Gasteiger partial charge in [0.2, 0.25) is 4.96 Å². The van der Waals surface area contributed by atoms with Gasteiger partial charge in [-0.3, -0.25) is 4.90 Å². The molecule has 9 heteroatoms. The van der Waals surface area contributed by atoms with Gasteiger partial charge in [0.15, 0.2) is 10.8 Å². The van der Waals surface area contributed by atoms with Crippen LogP contribution in [0.25, 0.3) is 4.96 Å². The van der Waals surface area contributed by atoms with Gasteiger partial charge in [0.25, 0.3) is 0 Å². The average molecular weight is 366 g/mol. The highest BCUT2D eigenvalue weighted by atomic mass is 35.5. The number of hydrogen-bond donors (Lipinski definition) is 0. The zero-order chi connectivity index (χ0) is 16.4. The van der Waals surface area contributed by atoms with E-state index in [1.54, 1.807) is 10.6 Å². The third-order valence-corrected chi connectivity index (χ3v) is 4.94. The first kappa shape index (κ1) is 15.8. The fourth-order valence-corrected chi connectivity index (χ4v) is 3.47. The maximum absolute atomic E-state index is 6.10. The summed E-state index contributed by atoms with van der Waals surface area (Å²) in [6, 6.07) is 7.40. The molecule has 4 rings (SSSR count). The zero-order valence-corrected chi connectivity index (χ0v) is 14.5. The Morgan fingerprint density at radius 1 is 1.21 bits per heavy atom. The molecule has 1 saturated heterocycles. The molecule has 0 saturated carbocycles. The minimum absolute atomic E-state index is 0.356. The second kappa shape index (κ2) is 7.02. The second-order valence-corrected chi connectivity index (χ2v) is 6.86. The van der Waals surface area contributed by atoms with Gasteiger partial charge in [0.1, 0.15) is 12.4 Å². The molecular weight excluding hydrogens is 350 g/mol. The molecule has 1 fully saturated rings. The van der Waals surface area contributed by atoms with Crippen LogP contribution >= 0.6 is 22.9 Å². The van der Waals surface area contributed by atoms with E-state index >= 15 is 0 Å². The predicted molar refractivity (Wildman–Crippen MR) is 90.5 cm³/mol. The third kappa shape index (κ3) is 3.36. The van der Waals surface area contributed by atoms with Crippen LogP contribution in [-0.2, 0) is 17.9 Å². The van der Waals surface area contributed by atoms with E-state index in [1.807, 2.05) is 18.2 Å². The van der Waals surface area contributed by atoms with Gasteiger partial charge >= 0.3 is 0 Å². The summed E-state index contributed by atoms with van der Waals surface area (Å²) in [4.78, 5) is 3.06. The van der Waals surface area contributed by atoms with Crippen molar-refractivity contribution in [3.05, 3.63) is 40.1 Å². The molecule has 24 heavy (non-hydrogen) atoms. The lowest BCUT2D eigenvalue weighted by Crippen LogP contribution is -2.36. The van der Waals surface area contributed by atoms with Crippen molar-refractivity contribution < 1.29 is 9.47 Å². The number of ether oxygens (including phenoxy) is 2. The van der Waals surface area contributed by atoms with Crippen molar-refractivity contribution in [3.63, 3.8) is 0 Å². The van der Waals surface area contributed by atoms with Crippen LogP contribution in [0.2, 0.25) is 5.02 Å². The molecule has 126 valence electrons. The Labute approximate surface area is 147 Å². The van der Waals surface area contributed by atoms with E-state index in [1.165, 1.54) is 11.3 Å². The van der Waals surface area contributed by atoms with Crippen molar-refractivity contribution in [2.75, 3.05) is 26.3 Å². The molecule has 0 N–H and O–H groups in total. The minimum Gasteiger partial charge on any atom is -0.485 e. The van der Waals surface area contributed by atoms with Gasteiger partial charge in [-0.05, 0) is 12.1 Å². The number of hydrogen-bond acceptors (Lipinski definition) is 7. The van der Waals surface area contributed by atoms with Gasteiger partial charge in [0.05, 0.1) is 24.8 Å². The van der Waals surface area contributed by atoms with Crippen molar-refractivity contribution in [1.82, 2.24) is 24.7 Å². The first-order chi connectivity index (χ1) is 11.8. The van der Waals surface area contributed by atoms with Gasteiger partial charge in [-0.2, -0.15) is 9.61 Å². The molecule has 7 nitrogen and oxygen atoms in total. The van der Waals surface area contributed by atoms with Crippen molar-refractivity contribution in [3.8, 4) is 5.75 Å². The Morgan fingerprint density at radius 2 is 2.04 bits per heavy atom. The van der Waals surface area contributed by atoms with E-state index in [2.05, 4.69) is 20.2 Å². The lowest BCUT2D eigenvalue weighted by Gasteiger charge is -2.25. The molecule has 0 radical (unpaired) electrons. The van der Waals surface area contributed by atoms with Gasteiger partial charge in [-0.25, -0.2) is 0 Å². The SMILES string of the molecule is Clc1ccccc1OCc1nn2c(CN3CCOCC3)nnc2s1. The maximum Gasteiger partial charge on any atom is 0.234 e. The number of benzene rings is 1. The van der Waals surface area contributed by atoms with Gasteiger partial charge in [-0.15, -0.1) is 10.2 Å². The molecular formula is C15H16ClN5O2S. The van der Waals surface area contributed by atoms with Crippen LogP contribution in [-0.4, -0.2) is 51.0 Å². The Bertz CT molecular complexity index is 830. The monoisotopic (exact) mass is 365 g/mol. The highest BCUT2D eigenvalue weighted by molar-refractivity contribution is 7.16. The lowest BCUT2D eigenvalue weighted by atomic mass is 10.3.